The molecule has 0 unspecified atom stereocenters. The Morgan fingerprint density at radius 2 is 2.23 bits per heavy atom. The van der Waals surface area contributed by atoms with Crippen LogP contribution < -0.4 is 5.01 Å². The van der Waals surface area contributed by atoms with Crippen LogP contribution in [0.3, 0.4) is 0 Å². The normalized spacial score (nSPS) is 16.0. The van der Waals surface area contributed by atoms with Gasteiger partial charge in [-0.1, -0.05) is 17.4 Å². The number of carbonyl (C=O) groups is 2. The molecule has 0 aromatic carbocycles. The average Bonchev–Trinajstić information content (AvgIpc) is 3.30. The molecule has 3 rings (SSSR count). The number of hydrogen-bond donors (Lipinski definition) is 0. The van der Waals surface area contributed by atoms with E-state index in [-0.39, 0.29) is 12.5 Å². The standard InChI is InChI=1S/C18H17N3O4S/c1-4-24-17(23)15-12(3)19-18(26-15)21-16(22)14(11(2)20-21)9-5-7-13-8-6-10-25-13/h5-10H,4H2,1-3H3. The maximum atomic E-state index is 12.7. The number of carbonyl (C=O) groups excluding carboxylic acids is 2. The number of anilines is 1. The fourth-order valence-electron chi connectivity index (χ4n) is 2.32. The van der Waals surface area contributed by atoms with Crippen molar-refractivity contribution in [3.63, 3.8) is 0 Å². The van der Waals surface area contributed by atoms with E-state index >= 15 is 0 Å². The highest BCUT2D eigenvalue weighted by molar-refractivity contribution is 7.17. The van der Waals surface area contributed by atoms with Gasteiger partial charge in [-0.3, -0.25) is 4.79 Å². The van der Waals surface area contributed by atoms with Crippen LogP contribution >= 0.6 is 11.3 Å². The van der Waals surface area contributed by atoms with E-state index in [1.807, 2.05) is 6.07 Å². The van der Waals surface area contributed by atoms with Gasteiger partial charge in [0.25, 0.3) is 5.91 Å². The number of rotatable bonds is 5. The van der Waals surface area contributed by atoms with Crippen LogP contribution in [-0.4, -0.2) is 29.2 Å². The van der Waals surface area contributed by atoms with Crippen LogP contribution in [0.25, 0.3) is 6.08 Å². The van der Waals surface area contributed by atoms with Gasteiger partial charge in [0.2, 0.25) is 5.13 Å². The first-order valence-corrected chi connectivity index (χ1v) is 8.79. The molecule has 0 N–H and O–H groups in total. The third kappa shape index (κ3) is 3.50. The molecule has 3 heterocycles. The van der Waals surface area contributed by atoms with Crippen molar-refractivity contribution in [2.45, 2.75) is 20.8 Å². The van der Waals surface area contributed by atoms with E-state index in [4.69, 9.17) is 9.15 Å². The summed E-state index contributed by atoms with van der Waals surface area (Å²) in [5, 5.41) is 5.82. The lowest BCUT2D eigenvalue weighted by molar-refractivity contribution is -0.114. The third-order valence-corrected chi connectivity index (χ3v) is 4.67. The van der Waals surface area contributed by atoms with Crippen molar-refractivity contribution >= 4 is 40.1 Å². The number of aromatic nitrogens is 1. The van der Waals surface area contributed by atoms with Crippen molar-refractivity contribution in [3.05, 3.63) is 52.5 Å². The maximum Gasteiger partial charge on any atom is 0.350 e. The summed E-state index contributed by atoms with van der Waals surface area (Å²) in [4.78, 5) is 29.3. The highest BCUT2D eigenvalue weighted by Gasteiger charge is 2.31. The van der Waals surface area contributed by atoms with Crippen molar-refractivity contribution in [3.8, 4) is 0 Å². The van der Waals surface area contributed by atoms with E-state index in [1.165, 1.54) is 5.01 Å². The quantitative estimate of drug-likeness (QED) is 0.592. The lowest BCUT2D eigenvalue weighted by Gasteiger charge is -2.06. The number of hydrogen-bond acceptors (Lipinski definition) is 7. The summed E-state index contributed by atoms with van der Waals surface area (Å²) >= 11 is 1.09. The Kier molecular flexibility index (Phi) is 5.13. The molecular weight excluding hydrogens is 354 g/mol. The minimum atomic E-state index is -0.446. The highest BCUT2D eigenvalue weighted by atomic mass is 32.1. The Bertz CT molecular complexity index is 922. The molecule has 0 spiro atoms. The number of thiazole rings is 1. The molecule has 7 nitrogen and oxygen atoms in total. The van der Waals surface area contributed by atoms with Crippen LogP contribution in [0, 0.1) is 6.92 Å². The summed E-state index contributed by atoms with van der Waals surface area (Å²) in [6.45, 7) is 5.46. The molecule has 8 heteroatoms. The highest BCUT2D eigenvalue weighted by Crippen LogP contribution is 2.30. The first-order chi connectivity index (χ1) is 12.5. The fraction of sp³-hybridized carbons (Fsp3) is 0.222. The average molecular weight is 371 g/mol. The van der Waals surface area contributed by atoms with E-state index in [0.29, 0.717) is 32.7 Å². The summed E-state index contributed by atoms with van der Waals surface area (Å²) < 4.78 is 10.2. The van der Waals surface area contributed by atoms with Gasteiger partial charge in [-0.2, -0.15) is 10.1 Å². The summed E-state index contributed by atoms with van der Waals surface area (Å²) in [6.07, 6.45) is 6.73. The maximum absolute atomic E-state index is 12.7. The number of hydrazone groups is 1. The van der Waals surface area contributed by atoms with E-state index in [2.05, 4.69) is 10.1 Å². The Hall–Kier alpha value is -3.00. The van der Waals surface area contributed by atoms with Gasteiger partial charge in [0.1, 0.15) is 10.6 Å². The lowest BCUT2D eigenvalue weighted by atomic mass is 10.1. The first-order valence-electron chi connectivity index (χ1n) is 7.97. The molecular formula is C18H17N3O4S. The Morgan fingerprint density at radius 1 is 1.42 bits per heavy atom. The molecule has 26 heavy (non-hydrogen) atoms. The summed E-state index contributed by atoms with van der Waals surface area (Å²) in [5.41, 5.74) is 1.54. The van der Waals surface area contributed by atoms with Crippen molar-refractivity contribution < 1.29 is 18.7 Å². The van der Waals surface area contributed by atoms with Gasteiger partial charge in [0.05, 0.1) is 29.8 Å². The molecule has 1 aliphatic rings. The number of furan rings is 1. The molecule has 0 aliphatic carbocycles. The topological polar surface area (TPSA) is 85.0 Å². The van der Waals surface area contributed by atoms with Crippen LogP contribution in [0.2, 0.25) is 0 Å². The lowest BCUT2D eigenvalue weighted by Crippen LogP contribution is -2.21. The molecule has 0 saturated carbocycles. The molecule has 0 saturated heterocycles. The van der Waals surface area contributed by atoms with Crippen molar-refractivity contribution in [1.82, 2.24) is 4.98 Å². The van der Waals surface area contributed by atoms with Gasteiger partial charge in [-0.15, -0.1) is 0 Å². The minimum absolute atomic E-state index is 0.278. The zero-order valence-electron chi connectivity index (χ0n) is 14.6. The molecule has 2 aromatic rings. The predicted octanol–water partition coefficient (Wildman–Crippen LogP) is 3.58. The van der Waals surface area contributed by atoms with Gasteiger partial charge in [-0.05, 0) is 45.1 Å². The van der Waals surface area contributed by atoms with Gasteiger partial charge in [0.15, 0.2) is 0 Å². The SMILES string of the molecule is CCOC(=O)c1sc(N2N=C(C)C(=CC=Cc3ccco3)C2=O)nc1C. The van der Waals surface area contributed by atoms with Gasteiger partial charge in [-0.25, -0.2) is 9.78 Å². The molecule has 0 atom stereocenters. The molecule has 0 fully saturated rings. The Morgan fingerprint density at radius 3 is 2.92 bits per heavy atom. The molecule has 0 radical (unpaired) electrons. The second kappa shape index (κ2) is 7.49. The van der Waals surface area contributed by atoms with Crippen molar-refractivity contribution in [2.24, 2.45) is 5.10 Å². The van der Waals surface area contributed by atoms with E-state index in [0.717, 1.165) is 11.3 Å². The van der Waals surface area contributed by atoms with Crippen LogP contribution in [0.5, 0.6) is 0 Å². The van der Waals surface area contributed by atoms with Crippen LogP contribution in [0.15, 0.2) is 45.6 Å². The second-order valence-electron chi connectivity index (χ2n) is 5.39. The van der Waals surface area contributed by atoms with Crippen molar-refractivity contribution in [1.29, 1.82) is 0 Å². The molecule has 1 aliphatic heterocycles. The fourth-order valence-corrected chi connectivity index (χ4v) is 3.23. The number of allylic oxidation sites excluding steroid dienone is 2. The molecule has 0 bridgehead atoms. The predicted molar refractivity (Wildman–Crippen MR) is 99.2 cm³/mol. The summed E-state index contributed by atoms with van der Waals surface area (Å²) in [5.74, 6) is -0.0534. The number of esters is 1. The number of aryl methyl sites for hydroxylation is 1. The smallest absolute Gasteiger partial charge is 0.350 e. The number of ether oxygens (including phenoxy) is 1. The first kappa shape index (κ1) is 17.8. The van der Waals surface area contributed by atoms with Crippen LogP contribution in [0.1, 0.15) is 35.0 Å². The zero-order chi connectivity index (χ0) is 18.7. The van der Waals surface area contributed by atoms with E-state index in [1.54, 1.807) is 51.3 Å². The summed E-state index contributed by atoms with van der Waals surface area (Å²) in [7, 11) is 0. The number of amides is 1. The van der Waals surface area contributed by atoms with Gasteiger partial charge >= 0.3 is 5.97 Å². The van der Waals surface area contributed by atoms with Crippen molar-refractivity contribution in [2.75, 3.05) is 11.6 Å². The van der Waals surface area contributed by atoms with Gasteiger partial charge in [0, 0.05) is 0 Å². The molecule has 134 valence electrons. The Labute approximate surface area is 154 Å². The summed E-state index contributed by atoms with van der Waals surface area (Å²) in [6, 6.07) is 3.60. The minimum Gasteiger partial charge on any atom is -0.465 e. The van der Waals surface area contributed by atoms with Crippen LogP contribution in [-0.2, 0) is 9.53 Å². The Balaban J connectivity index is 1.82. The molecule has 1 amide bonds. The monoisotopic (exact) mass is 371 g/mol. The number of nitrogens with zero attached hydrogens (tertiary/aromatic N) is 3. The zero-order valence-corrected chi connectivity index (χ0v) is 15.4. The largest absolute Gasteiger partial charge is 0.465 e. The van der Waals surface area contributed by atoms with E-state index in [9.17, 15) is 9.59 Å². The second-order valence-corrected chi connectivity index (χ2v) is 6.37. The van der Waals surface area contributed by atoms with E-state index < -0.39 is 5.97 Å². The van der Waals surface area contributed by atoms with Gasteiger partial charge < -0.3 is 9.15 Å². The third-order valence-electron chi connectivity index (χ3n) is 3.56. The van der Waals surface area contributed by atoms with Crippen LogP contribution in [0.4, 0.5) is 5.13 Å². The molecule has 2 aromatic heterocycles.